The molecule has 0 fully saturated rings. The van der Waals surface area contributed by atoms with Crippen molar-refractivity contribution in [2.24, 2.45) is 11.1 Å². The molecule has 13 heteroatoms. The largest absolute Gasteiger partial charge is 0.384 e. The topological polar surface area (TPSA) is 125 Å². The third-order valence-corrected chi connectivity index (χ3v) is 9.94. The van der Waals surface area contributed by atoms with Crippen LogP contribution in [0.25, 0.3) is 0 Å². The summed E-state index contributed by atoms with van der Waals surface area (Å²) in [6, 6.07) is 14.3. The van der Waals surface area contributed by atoms with E-state index in [1.54, 1.807) is 47.4 Å². The summed E-state index contributed by atoms with van der Waals surface area (Å²) >= 11 is 21.5. The van der Waals surface area contributed by atoms with Gasteiger partial charge in [-0.2, -0.15) is 5.26 Å². The highest BCUT2D eigenvalue weighted by Gasteiger charge is 2.46. The number of rotatable bonds is 6. The van der Waals surface area contributed by atoms with Crippen molar-refractivity contribution >= 4 is 80.4 Å². The van der Waals surface area contributed by atoms with Crippen molar-refractivity contribution in [3.8, 4) is 6.07 Å². The number of aromatic nitrogens is 2. The van der Waals surface area contributed by atoms with Crippen LogP contribution in [0.3, 0.4) is 0 Å². The number of halogens is 3. The Morgan fingerprint density at radius 1 is 1.17 bits per heavy atom. The Bertz CT molecular complexity index is 1680. The second-order valence-electron chi connectivity index (χ2n) is 10.3. The second kappa shape index (κ2) is 11.7. The first-order valence-corrected chi connectivity index (χ1v) is 15.3. The summed E-state index contributed by atoms with van der Waals surface area (Å²) in [6.45, 7) is 4.01. The van der Waals surface area contributed by atoms with Gasteiger partial charge in [0.15, 0.2) is 10.1 Å². The van der Waals surface area contributed by atoms with Crippen molar-refractivity contribution in [3.63, 3.8) is 0 Å². The van der Waals surface area contributed by atoms with Crippen molar-refractivity contribution in [3.05, 3.63) is 85.8 Å². The minimum atomic E-state index is -0.767. The van der Waals surface area contributed by atoms with Crippen LogP contribution in [0.1, 0.15) is 38.2 Å². The number of amides is 1. The molecule has 1 unspecified atom stereocenters. The van der Waals surface area contributed by atoms with Crippen molar-refractivity contribution in [2.75, 3.05) is 16.0 Å². The Morgan fingerprint density at radius 2 is 1.90 bits per heavy atom. The molecule has 0 radical (unpaired) electrons. The van der Waals surface area contributed by atoms with Gasteiger partial charge in [-0.15, -0.1) is 10.2 Å². The molecular formula is C28H23Cl3N6O2S2. The number of nitrogens with two attached hydrogens (primary N) is 1. The summed E-state index contributed by atoms with van der Waals surface area (Å²) < 4.78 is 0.518. The molecule has 5 rings (SSSR count). The third kappa shape index (κ3) is 5.83. The van der Waals surface area contributed by atoms with Gasteiger partial charge in [0.25, 0.3) is 0 Å². The Morgan fingerprint density at radius 3 is 2.63 bits per heavy atom. The van der Waals surface area contributed by atoms with Crippen molar-refractivity contribution in [1.82, 2.24) is 10.2 Å². The Balaban J connectivity index is 1.50. The van der Waals surface area contributed by atoms with Gasteiger partial charge in [0.05, 0.1) is 44.1 Å². The summed E-state index contributed by atoms with van der Waals surface area (Å²) in [7, 11) is 0. The van der Waals surface area contributed by atoms with Crippen LogP contribution < -0.4 is 16.0 Å². The first-order chi connectivity index (χ1) is 19.5. The standard InChI is InChI=1S/C28H23Cl3N6O2S2/c1-28(2)10-19-23(20(38)11-28)22(14-6-5-8-17(30)24(14)31)15(12-32)25(33)37(19)26-35-36-27(41-26)40-13-21(39)34-18-9-4-3-7-16(18)29/h3-9,22H,10-11,13,33H2,1-2H3,(H,34,39). The number of nitrogens with zero attached hydrogens (tertiary/aromatic N) is 4. The molecule has 3 N–H and O–H groups in total. The molecule has 0 saturated heterocycles. The van der Waals surface area contributed by atoms with Crippen LogP contribution in [0.4, 0.5) is 10.8 Å². The van der Waals surface area contributed by atoms with Crippen LogP contribution >= 0.6 is 57.9 Å². The molecule has 0 bridgehead atoms. The molecule has 41 heavy (non-hydrogen) atoms. The van der Waals surface area contributed by atoms with E-state index in [4.69, 9.17) is 40.5 Å². The predicted molar refractivity (Wildman–Crippen MR) is 164 cm³/mol. The van der Waals surface area contributed by atoms with Gasteiger partial charge in [0.2, 0.25) is 11.0 Å². The lowest BCUT2D eigenvalue weighted by Crippen LogP contribution is -2.42. The lowest BCUT2D eigenvalue weighted by atomic mass is 9.68. The first-order valence-electron chi connectivity index (χ1n) is 12.4. The van der Waals surface area contributed by atoms with Crippen LogP contribution in [-0.2, 0) is 9.59 Å². The van der Waals surface area contributed by atoms with Gasteiger partial charge < -0.3 is 11.1 Å². The maximum atomic E-state index is 13.7. The number of carbonyl (C=O) groups excluding carboxylic acids is 2. The minimum absolute atomic E-state index is 0.0728. The molecule has 1 aromatic heterocycles. The zero-order valence-electron chi connectivity index (χ0n) is 21.9. The third-order valence-electron chi connectivity index (χ3n) is 6.74. The number of nitrogens with one attached hydrogen (secondary N) is 1. The number of nitriles is 1. The molecule has 1 aliphatic carbocycles. The average Bonchev–Trinajstić information content (AvgIpc) is 3.37. The van der Waals surface area contributed by atoms with Crippen molar-refractivity contribution < 1.29 is 9.59 Å². The minimum Gasteiger partial charge on any atom is -0.384 e. The molecular weight excluding hydrogens is 623 g/mol. The number of hydrogen-bond acceptors (Lipinski definition) is 9. The van der Waals surface area contributed by atoms with Crippen molar-refractivity contribution in [2.45, 2.75) is 36.9 Å². The first kappa shape index (κ1) is 29.4. The molecule has 0 spiro atoms. The van der Waals surface area contributed by atoms with E-state index in [1.165, 1.54) is 23.1 Å². The molecule has 2 aromatic carbocycles. The number of anilines is 2. The quantitative estimate of drug-likeness (QED) is 0.270. The number of allylic oxidation sites excluding steroid dienone is 3. The van der Waals surface area contributed by atoms with E-state index in [1.807, 2.05) is 13.8 Å². The number of benzene rings is 2. The fourth-order valence-electron chi connectivity index (χ4n) is 5.01. The maximum Gasteiger partial charge on any atom is 0.234 e. The monoisotopic (exact) mass is 644 g/mol. The highest BCUT2D eigenvalue weighted by Crippen LogP contribution is 2.52. The molecule has 1 atom stereocenters. The lowest BCUT2D eigenvalue weighted by Gasteiger charge is -2.42. The van der Waals surface area contributed by atoms with Gasteiger partial charge in [0.1, 0.15) is 5.82 Å². The molecule has 2 aliphatic rings. The van der Waals surface area contributed by atoms with Gasteiger partial charge >= 0.3 is 0 Å². The predicted octanol–water partition coefficient (Wildman–Crippen LogP) is 7.17. The van der Waals surface area contributed by atoms with Crippen molar-refractivity contribution in [1.29, 1.82) is 5.26 Å². The SMILES string of the molecule is CC1(C)CC(=O)C2=C(C1)N(c1nnc(SCC(=O)Nc3ccccc3Cl)s1)C(N)=C(C#N)C2c1cccc(Cl)c1Cl. The lowest BCUT2D eigenvalue weighted by molar-refractivity contribution is -0.118. The van der Waals surface area contributed by atoms with E-state index in [-0.39, 0.29) is 39.3 Å². The number of Topliss-reactive ketones (excluding diaryl/α,β-unsaturated/α-hetero) is 1. The Kier molecular flexibility index (Phi) is 8.37. The number of thioether (sulfide) groups is 1. The average molecular weight is 646 g/mol. The fraction of sp³-hybridized carbons (Fsp3) is 0.250. The second-order valence-corrected chi connectivity index (χ2v) is 13.7. The van der Waals surface area contributed by atoms with Crippen LogP contribution in [0.5, 0.6) is 0 Å². The summed E-state index contributed by atoms with van der Waals surface area (Å²) in [6.07, 6.45) is 0.801. The van der Waals surface area contributed by atoms with Crippen LogP contribution in [0, 0.1) is 16.7 Å². The number of carbonyl (C=O) groups is 2. The van der Waals surface area contributed by atoms with E-state index in [2.05, 4.69) is 21.6 Å². The molecule has 210 valence electrons. The smallest absolute Gasteiger partial charge is 0.234 e. The zero-order chi connectivity index (χ0) is 29.5. The molecule has 3 aromatic rings. The van der Waals surface area contributed by atoms with E-state index < -0.39 is 5.92 Å². The molecule has 1 amide bonds. The van der Waals surface area contributed by atoms with Gasteiger partial charge in [-0.3, -0.25) is 14.5 Å². The number of para-hydroxylation sites is 1. The van der Waals surface area contributed by atoms with Gasteiger partial charge in [0, 0.05) is 17.7 Å². The highest BCUT2D eigenvalue weighted by molar-refractivity contribution is 8.01. The summed E-state index contributed by atoms with van der Waals surface area (Å²) in [5.74, 6) is -0.908. The Hall–Kier alpha value is -3.07. The zero-order valence-corrected chi connectivity index (χ0v) is 25.8. The molecule has 0 saturated carbocycles. The van der Waals surface area contributed by atoms with Crippen LogP contribution in [-0.4, -0.2) is 27.6 Å². The van der Waals surface area contributed by atoms with Gasteiger partial charge in [-0.1, -0.05) is 96.0 Å². The highest BCUT2D eigenvalue weighted by atomic mass is 35.5. The Labute approximate surface area is 260 Å². The fourth-order valence-corrected chi connectivity index (χ4v) is 7.29. The van der Waals surface area contributed by atoms with Gasteiger partial charge in [-0.25, -0.2) is 0 Å². The summed E-state index contributed by atoms with van der Waals surface area (Å²) in [5, 5.41) is 23.0. The number of hydrogen-bond donors (Lipinski definition) is 2. The molecule has 8 nitrogen and oxygen atoms in total. The number of ketones is 1. The van der Waals surface area contributed by atoms with Crippen LogP contribution in [0.2, 0.25) is 15.1 Å². The van der Waals surface area contributed by atoms with E-state index in [0.29, 0.717) is 54.9 Å². The molecule has 1 aliphatic heterocycles. The summed E-state index contributed by atoms with van der Waals surface area (Å²) in [4.78, 5) is 27.9. The summed E-state index contributed by atoms with van der Waals surface area (Å²) in [5.41, 5.74) is 8.63. The maximum absolute atomic E-state index is 13.7. The normalized spacial score (nSPS) is 18.3. The van der Waals surface area contributed by atoms with Gasteiger partial charge in [-0.05, 0) is 35.6 Å². The van der Waals surface area contributed by atoms with E-state index >= 15 is 0 Å². The molecule has 2 heterocycles. The van der Waals surface area contributed by atoms with Crippen LogP contribution in [0.15, 0.2) is 69.5 Å². The van der Waals surface area contributed by atoms with E-state index in [0.717, 1.165) is 0 Å². The van der Waals surface area contributed by atoms with E-state index in [9.17, 15) is 14.9 Å².